The predicted octanol–water partition coefficient (Wildman–Crippen LogP) is 1.18. The Labute approximate surface area is 99.8 Å². The van der Waals surface area contributed by atoms with E-state index in [2.05, 4.69) is 34.3 Å². The molecule has 0 spiro atoms. The lowest BCUT2D eigenvalue weighted by atomic mass is 10.4. The third kappa shape index (κ3) is 3.50. The number of nitrogens with zero attached hydrogens (tertiary/aromatic N) is 2. The Morgan fingerprint density at radius 1 is 1.50 bits per heavy atom. The van der Waals surface area contributed by atoms with Crippen LogP contribution in [0.15, 0.2) is 11.0 Å². The van der Waals surface area contributed by atoms with Crippen LogP contribution >= 0.6 is 11.6 Å². The van der Waals surface area contributed by atoms with E-state index < -0.39 is 0 Å². The Morgan fingerprint density at radius 2 is 2.19 bits per heavy atom. The van der Waals surface area contributed by atoms with Crippen LogP contribution in [-0.2, 0) is 0 Å². The Balaban J connectivity index is 2.49. The smallest absolute Gasteiger partial charge is 0.285 e. The highest BCUT2D eigenvalue weighted by atomic mass is 35.5. The van der Waals surface area contributed by atoms with Crippen molar-refractivity contribution in [3.63, 3.8) is 0 Å². The van der Waals surface area contributed by atoms with Crippen molar-refractivity contribution in [2.24, 2.45) is 0 Å². The first-order valence-electron chi connectivity index (χ1n) is 5.38. The minimum Gasteiger partial charge on any atom is -0.381 e. The molecule has 0 amide bonds. The van der Waals surface area contributed by atoms with E-state index in [1.165, 1.54) is 6.20 Å². The van der Waals surface area contributed by atoms with Crippen LogP contribution in [0.3, 0.4) is 0 Å². The summed E-state index contributed by atoms with van der Waals surface area (Å²) in [6.45, 7) is 7.91. The van der Waals surface area contributed by atoms with Crippen LogP contribution in [0.1, 0.15) is 13.8 Å². The Kier molecular flexibility index (Phi) is 5.28. The first-order chi connectivity index (χ1) is 7.69. The van der Waals surface area contributed by atoms with Crippen molar-refractivity contribution in [2.45, 2.75) is 13.8 Å². The summed E-state index contributed by atoms with van der Waals surface area (Å²) in [5, 5.41) is 9.22. The van der Waals surface area contributed by atoms with Crippen LogP contribution in [0, 0.1) is 0 Å². The third-order valence-electron chi connectivity index (χ3n) is 2.43. The van der Waals surface area contributed by atoms with Gasteiger partial charge in [0.15, 0.2) is 0 Å². The summed E-state index contributed by atoms with van der Waals surface area (Å²) in [5.74, 6) is 0. The summed E-state index contributed by atoms with van der Waals surface area (Å²) in [6, 6.07) is 0. The molecule has 0 radical (unpaired) electrons. The second-order valence-electron chi connectivity index (χ2n) is 3.38. The van der Waals surface area contributed by atoms with Crippen LogP contribution in [0.25, 0.3) is 0 Å². The number of nitrogens with one attached hydrogen (secondary N) is 2. The number of aromatic amines is 1. The second-order valence-corrected chi connectivity index (χ2v) is 3.76. The van der Waals surface area contributed by atoms with Gasteiger partial charge in [-0.3, -0.25) is 4.79 Å². The molecule has 0 aliphatic heterocycles. The standard InChI is InChI=1S/C10H17ClN4O/c1-3-15(4-2)6-5-12-8-7-13-14-10(16)9(8)11/h7H,3-6H2,1-2H3,(H2,12,14,16). The molecule has 0 saturated heterocycles. The number of likely N-dealkylation sites (N-methyl/N-ethyl adjacent to an activating group) is 1. The molecule has 6 heteroatoms. The maximum atomic E-state index is 11.1. The summed E-state index contributed by atoms with van der Waals surface area (Å²) >= 11 is 5.82. The normalized spacial score (nSPS) is 10.8. The fourth-order valence-corrected chi connectivity index (χ4v) is 1.55. The molecule has 0 aliphatic carbocycles. The van der Waals surface area contributed by atoms with Gasteiger partial charge < -0.3 is 10.2 Å². The molecule has 2 N–H and O–H groups in total. The Bertz CT molecular complexity index is 375. The van der Waals surface area contributed by atoms with Gasteiger partial charge in [-0.05, 0) is 13.1 Å². The highest BCUT2D eigenvalue weighted by Crippen LogP contribution is 2.13. The zero-order chi connectivity index (χ0) is 12.0. The molecule has 0 saturated carbocycles. The molecule has 16 heavy (non-hydrogen) atoms. The topological polar surface area (TPSA) is 61.0 Å². The van der Waals surface area contributed by atoms with E-state index in [1.54, 1.807) is 0 Å². The summed E-state index contributed by atoms with van der Waals surface area (Å²) in [7, 11) is 0. The van der Waals surface area contributed by atoms with E-state index in [9.17, 15) is 4.79 Å². The summed E-state index contributed by atoms with van der Waals surface area (Å²) in [4.78, 5) is 13.4. The monoisotopic (exact) mass is 244 g/mol. The van der Waals surface area contributed by atoms with Gasteiger partial charge in [-0.15, -0.1) is 0 Å². The van der Waals surface area contributed by atoms with E-state index in [0.717, 1.165) is 26.2 Å². The summed E-state index contributed by atoms with van der Waals surface area (Å²) in [6.07, 6.45) is 1.52. The lowest BCUT2D eigenvalue weighted by molar-refractivity contribution is 0.316. The van der Waals surface area contributed by atoms with Gasteiger partial charge in [0.05, 0.1) is 11.9 Å². The Hall–Kier alpha value is -1.07. The minimum atomic E-state index is -0.366. The third-order valence-corrected chi connectivity index (χ3v) is 2.81. The molecular formula is C10H17ClN4O. The fraction of sp³-hybridized carbons (Fsp3) is 0.600. The molecule has 1 rings (SSSR count). The first-order valence-corrected chi connectivity index (χ1v) is 5.76. The van der Waals surface area contributed by atoms with Crippen molar-refractivity contribution in [3.05, 3.63) is 21.6 Å². The van der Waals surface area contributed by atoms with Crippen molar-refractivity contribution in [1.29, 1.82) is 0 Å². The highest BCUT2D eigenvalue weighted by molar-refractivity contribution is 6.32. The zero-order valence-electron chi connectivity index (χ0n) is 9.59. The van der Waals surface area contributed by atoms with E-state index in [-0.39, 0.29) is 10.6 Å². The Morgan fingerprint density at radius 3 is 2.81 bits per heavy atom. The largest absolute Gasteiger partial charge is 0.381 e. The number of rotatable bonds is 6. The van der Waals surface area contributed by atoms with Crippen molar-refractivity contribution < 1.29 is 0 Å². The number of aromatic nitrogens is 2. The van der Waals surface area contributed by atoms with Gasteiger partial charge in [-0.2, -0.15) is 5.10 Å². The molecule has 90 valence electrons. The van der Waals surface area contributed by atoms with Gasteiger partial charge >= 0.3 is 0 Å². The lowest BCUT2D eigenvalue weighted by Crippen LogP contribution is -2.29. The van der Waals surface area contributed by atoms with Crippen molar-refractivity contribution in [1.82, 2.24) is 15.1 Å². The predicted molar refractivity (Wildman–Crippen MR) is 66.1 cm³/mol. The average Bonchev–Trinajstić information content (AvgIpc) is 2.30. The molecule has 1 heterocycles. The van der Waals surface area contributed by atoms with Gasteiger partial charge in [-0.1, -0.05) is 25.4 Å². The lowest BCUT2D eigenvalue weighted by Gasteiger charge is -2.18. The number of halogens is 1. The zero-order valence-corrected chi connectivity index (χ0v) is 10.3. The van der Waals surface area contributed by atoms with Gasteiger partial charge in [-0.25, -0.2) is 5.10 Å². The highest BCUT2D eigenvalue weighted by Gasteiger charge is 2.04. The van der Waals surface area contributed by atoms with Crippen molar-refractivity contribution in [2.75, 3.05) is 31.5 Å². The number of hydrogen-bond donors (Lipinski definition) is 2. The number of hydrogen-bond acceptors (Lipinski definition) is 4. The number of H-pyrrole nitrogens is 1. The first kappa shape index (κ1) is 13.0. The van der Waals surface area contributed by atoms with Crippen LogP contribution in [-0.4, -0.2) is 41.3 Å². The molecule has 0 atom stereocenters. The van der Waals surface area contributed by atoms with Crippen molar-refractivity contribution in [3.8, 4) is 0 Å². The van der Waals surface area contributed by atoms with Gasteiger partial charge in [0.1, 0.15) is 5.02 Å². The maximum absolute atomic E-state index is 11.1. The van der Waals surface area contributed by atoms with E-state index >= 15 is 0 Å². The summed E-state index contributed by atoms with van der Waals surface area (Å²) < 4.78 is 0. The average molecular weight is 245 g/mol. The van der Waals surface area contributed by atoms with E-state index in [4.69, 9.17) is 11.6 Å². The van der Waals surface area contributed by atoms with Crippen molar-refractivity contribution >= 4 is 17.3 Å². The molecule has 5 nitrogen and oxygen atoms in total. The van der Waals surface area contributed by atoms with Gasteiger partial charge in [0, 0.05) is 13.1 Å². The quantitative estimate of drug-likeness (QED) is 0.789. The van der Waals surface area contributed by atoms with E-state index in [1.807, 2.05) is 0 Å². The second kappa shape index (κ2) is 6.50. The van der Waals surface area contributed by atoms with Crippen LogP contribution < -0.4 is 10.9 Å². The van der Waals surface area contributed by atoms with E-state index in [0.29, 0.717) is 5.69 Å². The van der Waals surface area contributed by atoms with Crippen LogP contribution in [0.4, 0.5) is 5.69 Å². The molecule has 0 aliphatic rings. The molecule has 0 aromatic carbocycles. The maximum Gasteiger partial charge on any atom is 0.285 e. The molecule has 1 aromatic rings. The SMILES string of the molecule is CCN(CC)CCNc1cn[nH]c(=O)c1Cl. The number of anilines is 1. The minimum absolute atomic E-state index is 0.162. The molecule has 0 unspecified atom stereocenters. The summed E-state index contributed by atoms with van der Waals surface area (Å²) in [5.41, 5.74) is 0.215. The molecule has 0 bridgehead atoms. The molecular weight excluding hydrogens is 228 g/mol. The fourth-order valence-electron chi connectivity index (χ4n) is 1.40. The van der Waals surface area contributed by atoms with Gasteiger partial charge in [0.2, 0.25) is 0 Å². The molecule has 1 aromatic heterocycles. The molecule has 0 fully saturated rings. The van der Waals surface area contributed by atoms with Crippen LogP contribution in [0.2, 0.25) is 5.02 Å². The van der Waals surface area contributed by atoms with Crippen LogP contribution in [0.5, 0.6) is 0 Å². The van der Waals surface area contributed by atoms with Gasteiger partial charge in [0.25, 0.3) is 5.56 Å².